The van der Waals surface area contributed by atoms with Crippen LogP contribution in [0.15, 0.2) is 60.9 Å². The Morgan fingerprint density at radius 1 is 0.974 bits per heavy atom. The number of rotatable bonds is 7. The van der Waals surface area contributed by atoms with Crippen LogP contribution in [0.2, 0.25) is 0 Å². The van der Waals surface area contributed by atoms with Gasteiger partial charge in [-0.15, -0.1) is 0 Å². The van der Waals surface area contributed by atoms with E-state index in [0.717, 1.165) is 11.1 Å². The Hall–Kier alpha value is -3.74. The van der Waals surface area contributed by atoms with Crippen LogP contribution in [0.1, 0.15) is 35.4 Å². The minimum absolute atomic E-state index is 0.0298. The molecule has 39 heavy (non-hydrogen) atoms. The molecular formula is C27H29N3O8S. The van der Waals surface area contributed by atoms with E-state index in [0.29, 0.717) is 49.0 Å². The highest BCUT2D eigenvalue weighted by Crippen LogP contribution is 2.31. The second kappa shape index (κ2) is 12.0. The molecule has 11 nitrogen and oxygen atoms in total. The van der Waals surface area contributed by atoms with Crippen LogP contribution in [0.25, 0.3) is 0 Å². The number of nitrogens with zero attached hydrogens (tertiary/aromatic N) is 3. The van der Waals surface area contributed by atoms with E-state index in [9.17, 15) is 13.2 Å². The number of likely N-dealkylation sites (tertiary alicyclic amines) is 1. The molecule has 2 aliphatic rings. The van der Waals surface area contributed by atoms with Crippen molar-refractivity contribution in [2.75, 3.05) is 26.3 Å². The van der Waals surface area contributed by atoms with E-state index in [1.54, 1.807) is 17.0 Å². The first-order valence-electron chi connectivity index (χ1n) is 12.6. The maximum absolute atomic E-state index is 12.4. The van der Waals surface area contributed by atoms with Crippen molar-refractivity contribution in [3.05, 3.63) is 77.6 Å². The molecule has 3 aromatic rings. The second-order valence-corrected chi connectivity index (χ2v) is 10.6. The zero-order chi connectivity index (χ0) is 27.2. The van der Waals surface area contributed by atoms with Crippen LogP contribution in [-0.2, 0) is 30.1 Å². The lowest BCUT2D eigenvalue weighted by atomic mass is 10.0. The SMILES string of the molecule is Cc1c(Oc2ccc(C3COS(=O)(=O)OC3)cc2)ncnc1OC1CCN(C(=O)OCc2ccccc2)CC1. The Balaban J connectivity index is 1.12. The molecule has 0 N–H and O–H groups in total. The normalized spacial score (nSPS) is 17.9. The molecule has 3 heterocycles. The average Bonchev–Trinajstić information content (AvgIpc) is 2.95. The molecule has 0 spiro atoms. The van der Waals surface area contributed by atoms with Gasteiger partial charge in [-0.1, -0.05) is 42.5 Å². The van der Waals surface area contributed by atoms with Crippen LogP contribution < -0.4 is 9.47 Å². The molecule has 0 saturated carbocycles. The predicted molar refractivity (Wildman–Crippen MR) is 139 cm³/mol. The second-order valence-electron chi connectivity index (χ2n) is 9.30. The van der Waals surface area contributed by atoms with Gasteiger partial charge >= 0.3 is 16.5 Å². The Labute approximate surface area is 227 Å². The summed E-state index contributed by atoms with van der Waals surface area (Å²) >= 11 is 0. The quantitative estimate of drug-likeness (QED) is 0.420. The van der Waals surface area contributed by atoms with Crippen molar-refractivity contribution >= 4 is 16.5 Å². The van der Waals surface area contributed by atoms with E-state index >= 15 is 0 Å². The van der Waals surface area contributed by atoms with Crippen molar-refractivity contribution in [3.8, 4) is 17.5 Å². The standard InChI is InChI=1S/C27H29N3O8S/c1-19-25(37-23-9-7-21(8-10-23)22-16-35-39(32,33)36-17-22)28-18-29-26(19)38-24-11-13-30(14-12-24)27(31)34-15-20-5-3-2-4-6-20/h2-10,18,22,24H,11-17H2,1H3. The molecular weight excluding hydrogens is 526 g/mol. The van der Waals surface area contributed by atoms with Crippen LogP contribution in [0, 0.1) is 6.92 Å². The lowest BCUT2D eigenvalue weighted by molar-refractivity contribution is 0.0621. The van der Waals surface area contributed by atoms with Gasteiger partial charge in [-0.2, -0.15) is 8.42 Å². The van der Waals surface area contributed by atoms with Crippen molar-refractivity contribution in [2.24, 2.45) is 0 Å². The van der Waals surface area contributed by atoms with Crippen molar-refractivity contribution in [3.63, 3.8) is 0 Å². The van der Waals surface area contributed by atoms with E-state index in [4.69, 9.17) is 22.6 Å². The first kappa shape index (κ1) is 26.9. The lowest BCUT2D eigenvalue weighted by Gasteiger charge is -2.31. The van der Waals surface area contributed by atoms with Crippen molar-refractivity contribution < 1.29 is 35.8 Å². The van der Waals surface area contributed by atoms with Crippen LogP contribution in [0.5, 0.6) is 17.5 Å². The number of hydrogen-bond acceptors (Lipinski definition) is 10. The zero-order valence-corrected chi connectivity index (χ0v) is 22.2. The highest BCUT2D eigenvalue weighted by Gasteiger charge is 2.27. The predicted octanol–water partition coefficient (Wildman–Crippen LogP) is 4.13. The number of carbonyl (C=O) groups excluding carboxylic acids is 1. The first-order chi connectivity index (χ1) is 18.9. The molecule has 1 amide bonds. The third-order valence-corrected chi connectivity index (χ3v) is 7.42. The Morgan fingerprint density at radius 2 is 1.64 bits per heavy atom. The highest BCUT2D eigenvalue weighted by molar-refractivity contribution is 7.81. The van der Waals surface area contributed by atoms with Gasteiger partial charge in [0.1, 0.15) is 24.8 Å². The van der Waals surface area contributed by atoms with E-state index in [1.165, 1.54) is 6.33 Å². The molecule has 2 aliphatic heterocycles. The minimum atomic E-state index is -3.88. The number of ether oxygens (including phenoxy) is 3. The summed E-state index contributed by atoms with van der Waals surface area (Å²) < 4.78 is 49.6. The summed E-state index contributed by atoms with van der Waals surface area (Å²) in [5.41, 5.74) is 2.48. The van der Waals surface area contributed by atoms with Gasteiger partial charge < -0.3 is 19.1 Å². The summed E-state index contributed by atoms with van der Waals surface area (Å²) in [6, 6.07) is 16.8. The zero-order valence-electron chi connectivity index (χ0n) is 21.4. The molecule has 5 rings (SSSR count). The number of carbonyl (C=O) groups is 1. The van der Waals surface area contributed by atoms with Gasteiger partial charge in [0.15, 0.2) is 0 Å². The highest BCUT2D eigenvalue weighted by atomic mass is 32.3. The number of piperidine rings is 1. The van der Waals surface area contributed by atoms with Crippen LogP contribution in [0.3, 0.4) is 0 Å². The third-order valence-electron chi connectivity index (χ3n) is 6.57. The lowest BCUT2D eigenvalue weighted by Crippen LogP contribution is -2.42. The van der Waals surface area contributed by atoms with Crippen LogP contribution in [-0.4, -0.2) is 61.8 Å². The Bertz CT molecular complexity index is 1360. The van der Waals surface area contributed by atoms with Crippen LogP contribution >= 0.6 is 0 Å². The average molecular weight is 556 g/mol. The summed E-state index contributed by atoms with van der Waals surface area (Å²) in [6.07, 6.45) is 2.26. The van der Waals surface area contributed by atoms with E-state index in [2.05, 4.69) is 9.97 Å². The topological polar surface area (TPSA) is 126 Å². The fourth-order valence-corrected chi connectivity index (χ4v) is 5.02. The van der Waals surface area contributed by atoms with E-state index in [1.807, 2.05) is 49.4 Å². The fourth-order valence-electron chi connectivity index (χ4n) is 4.29. The number of aromatic nitrogens is 2. The molecule has 0 bridgehead atoms. The molecule has 12 heteroatoms. The minimum Gasteiger partial charge on any atom is -0.474 e. The molecule has 1 aromatic heterocycles. The van der Waals surface area contributed by atoms with Gasteiger partial charge in [0, 0.05) is 31.8 Å². The third kappa shape index (κ3) is 7.02. The molecule has 2 fully saturated rings. The maximum Gasteiger partial charge on any atom is 0.410 e. The number of amides is 1. The first-order valence-corrected chi connectivity index (χ1v) is 13.9. The maximum atomic E-state index is 12.4. The molecule has 0 atom stereocenters. The number of benzene rings is 2. The smallest absolute Gasteiger partial charge is 0.410 e. The largest absolute Gasteiger partial charge is 0.474 e. The van der Waals surface area contributed by atoms with E-state index in [-0.39, 0.29) is 37.9 Å². The Kier molecular flexibility index (Phi) is 8.24. The van der Waals surface area contributed by atoms with Gasteiger partial charge in [-0.3, -0.25) is 0 Å². The Morgan fingerprint density at radius 3 is 2.33 bits per heavy atom. The summed E-state index contributed by atoms with van der Waals surface area (Å²) in [5, 5.41) is 0. The van der Waals surface area contributed by atoms with Crippen molar-refractivity contribution in [1.82, 2.24) is 14.9 Å². The molecule has 0 aliphatic carbocycles. The molecule has 0 unspecified atom stereocenters. The monoisotopic (exact) mass is 555 g/mol. The molecule has 206 valence electrons. The summed E-state index contributed by atoms with van der Waals surface area (Å²) in [4.78, 5) is 22.7. The van der Waals surface area contributed by atoms with E-state index < -0.39 is 10.4 Å². The van der Waals surface area contributed by atoms with Gasteiger partial charge in [-0.05, 0) is 30.2 Å². The molecule has 2 aromatic carbocycles. The van der Waals surface area contributed by atoms with Crippen LogP contribution in [0.4, 0.5) is 4.79 Å². The van der Waals surface area contributed by atoms with Crippen molar-refractivity contribution in [1.29, 1.82) is 0 Å². The van der Waals surface area contributed by atoms with Gasteiger partial charge in [0.05, 0.1) is 18.8 Å². The summed E-state index contributed by atoms with van der Waals surface area (Å²) in [6.45, 7) is 3.19. The summed E-state index contributed by atoms with van der Waals surface area (Å²) in [5.74, 6) is 1.16. The van der Waals surface area contributed by atoms with Crippen molar-refractivity contribution in [2.45, 2.75) is 38.4 Å². The molecule has 0 radical (unpaired) electrons. The fraction of sp³-hybridized carbons (Fsp3) is 0.370. The van der Waals surface area contributed by atoms with Gasteiger partial charge in [0.25, 0.3) is 0 Å². The van der Waals surface area contributed by atoms with Gasteiger partial charge in [-0.25, -0.2) is 23.1 Å². The molecule has 2 saturated heterocycles. The number of hydrogen-bond donors (Lipinski definition) is 0. The van der Waals surface area contributed by atoms with Gasteiger partial charge in [0.2, 0.25) is 11.8 Å². The summed E-state index contributed by atoms with van der Waals surface area (Å²) in [7, 11) is -3.88.